The van der Waals surface area contributed by atoms with Crippen LogP contribution in [0.4, 0.5) is 5.69 Å². The summed E-state index contributed by atoms with van der Waals surface area (Å²) in [5.41, 5.74) is 1.39. The van der Waals surface area contributed by atoms with Gasteiger partial charge in [-0.25, -0.2) is 4.79 Å². The van der Waals surface area contributed by atoms with Crippen molar-refractivity contribution >= 4 is 27.6 Å². The highest BCUT2D eigenvalue weighted by Gasteiger charge is 2.34. The van der Waals surface area contributed by atoms with Gasteiger partial charge >= 0.3 is 5.97 Å². The van der Waals surface area contributed by atoms with Crippen LogP contribution in [0.15, 0.2) is 22.7 Å². The van der Waals surface area contributed by atoms with Crippen molar-refractivity contribution in [2.45, 2.75) is 46.0 Å². The molecule has 0 aliphatic heterocycles. The lowest BCUT2D eigenvalue weighted by Gasteiger charge is -2.32. The molecule has 1 aromatic carbocycles. The molecule has 21 heavy (non-hydrogen) atoms. The van der Waals surface area contributed by atoms with Crippen LogP contribution >= 0.6 is 15.9 Å². The second-order valence-corrected chi connectivity index (χ2v) is 7.57. The number of carbonyl (C=O) groups is 1. The second-order valence-electron chi connectivity index (χ2n) is 6.65. The molecule has 1 aromatic rings. The number of hydrogen-bond donors (Lipinski definition) is 2. The molecule has 0 radical (unpaired) electrons. The van der Waals surface area contributed by atoms with E-state index in [9.17, 15) is 9.90 Å². The van der Waals surface area contributed by atoms with Gasteiger partial charge in [0.05, 0.1) is 5.56 Å². The number of halogens is 1. The van der Waals surface area contributed by atoms with E-state index in [0.717, 1.165) is 16.7 Å². The largest absolute Gasteiger partial charge is 0.478 e. The summed E-state index contributed by atoms with van der Waals surface area (Å²) in [6.45, 7) is 5.40. The third-order valence-electron chi connectivity index (χ3n) is 4.37. The number of benzene rings is 1. The maximum atomic E-state index is 11.4. The maximum absolute atomic E-state index is 11.4. The molecule has 1 fully saturated rings. The number of hydrogen-bond acceptors (Lipinski definition) is 2. The normalized spacial score (nSPS) is 17.1. The van der Waals surface area contributed by atoms with Crippen molar-refractivity contribution in [3.05, 3.63) is 28.2 Å². The highest BCUT2D eigenvalue weighted by atomic mass is 79.9. The summed E-state index contributed by atoms with van der Waals surface area (Å²) in [5.74, 6) is -0.211. The van der Waals surface area contributed by atoms with E-state index in [1.165, 1.54) is 32.1 Å². The van der Waals surface area contributed by atoms with Gasteiger partial charge in [0.25, 0.3) is 0 Å². The van der Waals surface area contributed by atoms with Gasteiger partial charge in [0.2, 0.25) is 0 Å². The fraction of sp³-hybridized carbons (Fsp3) is 0.588. The van der Waals surface area contributed by atoms with Gasteiger partial charge in [-0.1, -0.05) is 42.6 Å². The Kier molecular flexibility index (Phi) is 5.31. The molecule has 0 spiro atoms. The molecule has 1 aliphatic rings. The molecule has 116 valence electrons. The van der Waals surface area contributed by atoms with Crippen molar-refractivity contribution in [2.24, 2.45) is 11.3 Å². The SMILES string of the molecule is CC(C)CC1(CNc2ccc(Br)cc2C(=O)O)CCCC1. The summed E-state index contributed by atoms with van der Waals surface area (Å²) in [6, 6.07) is 5.40. The fourth-order valence-corrected chi connectivity index (χ4v) is 3.94. The van der Waals surface area contributed by atoms with E-state index < -0.39 is 5.97 Å². The Balaban J connectivity index is 2.12. The molecule has 0 amide bonds. The summed E-state index contributed by atoms with van der Waals surface area (Å²) in [7, 11) is 0. The number of anilines is 1. The third kappa shape index (κ3) is 4.22. The van der Waals surface area contributed by atoms with Gasteiger partial charge in [-0.05, 0) is 48.8 Å². The second kappa shape index (κ2) is 6.82. The van der Waals surface area contributed by atoms with Crippen molar-refractivity contribution in [1.82, 2.24) is 0 Å². The summed E-state index contributed by atoms with van der Waals surface area (Å²) in [5, 5.41) is 12.7. The van der Waals surface area contributed by atoms with E-state index in [2.05, 4.69) is 35.1 Å². The average molecular weight is 354 g/mol. The first-order chi connectivity index (χ1) is 9.92. The molecule has 0 saturated heterocycles. The zero-order valence-corrected chi connectivity index (χ0v) is 14.4. The Morgan fingerprint density at radius 1 is 1.38 bits per heavy atom. The summed E-state index contributed by atoms with van der Waals surface area (Å²) in [4.78, 5) is 11.4. The van der Waals surface area contributed by atoms with E-state index >= 15 is 0 Å². The van der Waals surface area contributed by atoms with Gasteiger partial charge in [0.15, 0.2) is 0 Å². The van der Waals surface area contributed by atoms with Crippen molar-refractivity contribution < 1.29 is 9.90 Å². The zero-order valence-electron chi connectivity index (χ0n) is 12.8. The topological polar surface area (TPSA) is 49.3 Å². The van der Waals surface area contributed by atoms with Crippen LogP contribution in [0.25, 0.3) is 0 Å². The molecule has 1 saturated carbocycles. The fourth-order valence-electron chi connectivity index (χ4n) is 3.57. The lowest BCUT2D eigenvalue weighted by atomic mass is 9.78. The molecular formula is C17H24BrNO2. The maximum Gasteiger partial charge on any atom is 0.337 e. The van der Waals surface area contributed by atoms with Gasteiger partial charge in [0, 0.05) is 16.7 Å². The first kappa shape index (κ1) is 16.3. The number of carboxylic acid groups (broad SMARTS) is 1. The smallest absolute Gasteiger partial charge is 0.337 e. The lowest BCUT2D eigenvalue weighted by Crippen LogP contribution is -2.29. The van der Waals surface area contributed by atoms with Crippen molar-refractivity contribution in [2.75, 3.05) is 11.9 Å². The monoisotopic (exact) mass is 353 g/mol. The van der Waals surface area contributed by atoms with Gasteiger partial charge in [-0.2, -0.15) is 0 Å². The molecule has 4 heteroatoms. The van der Waals surface area contributed by atoms with E-state index in [0.29, 0.717) is 16.9 Å². The number of aromatic carboxylic acids is 1. The quantitative estimate of drug-likeness (QED) is 0.741. The summed E-state index contributed by atoms with van der Waals surface area (Å²) < 4.78 is 0.795. The Morgan fingerprint density at radius 2 is 2.05 bits per heavy atom. The molecule has 1 aliphatic carbocycles. The van der Waals surface area contributed by atoms with E-state index in [1.54, 1.807) is 6.07 Å². The van der Waals surface area contributed by atoms with E-state index in [4.69, 9.17) is 0 Å². The molecular weight excluding hydrogens is 330 g/mol. The highest BCUT2D eigenvalue weighted by Crippen LogP contribution is 2.43. The van der Waals surface area contributed by atoms with Crippen LogP contribution in [0.2, 0.25) is 0 Å². The van der Waals surface area contributed by atoms with Crippen LogP contribution < -0.4 is 5.32 Å². The molecule has 2 N–H and O–H groups in total. The summed E-state index contributed by atoms with van der Waals surface area (Å²) in [6.07, 6.45) is 6.29. The first-order valence-corrected chi connectivity index (χ1v) is 8.48. The molecule has 2 rings (SSSR count). The third-order valence-corrected chi connectivity index (χ3v) is 4.86. The van der Waals surface area contributed by atoms with E-state index in [-0.39, 0.29) is 0 Å². The Hall–Kier alpha value is -1.03. The van der Waals surface area contributed by atoms with Crippen LogP contribution in [-0.4, -0.2) is 17.6 Å². The van der Waals surface area contributed by atoms with Crippen LogP contribution in [0.3, 0.4) is 0 Å². The highest BCUT2D eigenvalue weighted by molar-refractivity contribution is 9.10. The molecule has 0 atom stereocenters. The van der Waals surface area contributed by atoms with Gasteiger partial charge in [-0.3, -0.25) is 0 Å². The van der Waals surface area contributed by atoms with Gasteiger partial charge in [-0.15, -0.1) is 0 Å². The van der Waals surface area contributed by atoms with E-state index in [1.807, 2.05) is 12.1 Å². The van der Waals surface area contributed by atoms with Gasteiger partial charge < -0.3 is 10.4 Å². The number of rotatable bonds is 6. The standard InChI is InChI=1S/C17H24BrNO2/c1-12(2)10-17(7-3-4-8-17)11-19-15-6-5-13(18)9-14(15)16(20)21/h5-6,9,12,19H,3-4,7-8,10-11H2,1-2H3,(H,20,21). The molecule has 0 unspecified atom stereocenters. The van der Waals surface area contributed by atoms with Crippen LogP contribution in [0.1, 0.15) is 56.3 Å². The average Bonchev–Trinajstić information content (AvgIpc) is 2.85. The molecule has 0 bridgehead atoms. The minimum atomic E-state index is -0.886. The zero-order chi connectivity index (χ0) is 15.5. The predicted octanol–water partition coefficient (Wildman–Crippen LogP) is 5.17. The van der Waals surface area contributed by atoms with Crippen molar-refractivity contribution in [1.29, 1.82) is 0 Å². The van der Waals surface area contributed by atoms with Crippen LogP contribution in [0, 0.1) is 11.3 Å². The minimum Gasteiger partial charge on any atom is -0.478 e. The lowest BCUT2D eigenvalue weighted by molar-refractivity contribution is 0.0697. The molecule has 0 aromatic heterocycles. The Bertz CT molecular complexity index is 508. The number of nitrogens with one attached hydrogen (secondary N) is 1. The van der Waals surface area contributed by atoms with Crippen LogP contribution in [0.5, 0.6) is 0 Å². The first-order valence-electron chi connectivity index (χ1n) is 7.69. The predicted molar refractivity (Wildman–Crippen MR) is 89.9 cm³/mol. The number of carboxylic acids is 1. The molecule has 0 heterocycles. The minimum absolute atomic E-state index is 0.330. The van der Waals surface area contributed by atoms with Crippen molar-refractivity contribution in [3.63, 3.8) is 0 Å². The Morgan fingerprint density at radius 3 is 2.62 bits per heavy atom. The summed E-state index contributed by atoms with van der Waals surface area (Å²) >= 11 is 3.33. The van der Waals surface area contributed by atoms with Crippen molar-refractivity contribution in [3.8, 4) is 0 Å². The Labute approximate surface area is 135 Å². The van der Waals surface area contributed by atoms with Gasteiger partial charge in [0.1, 0.15) is 0 Å². The molecule has 3 nitrogen and oxygen atoms in total. The van der Waals surface area contributed by atoms with Crippen LogP contribution in [-0.2, 0) is 0 Å².